The van der Waals surface area contributed by atoms with E-state index in [1.807, 2.05) is 45.0 Å². The van der Waals surface area contributed by atoms with Crippen LogP contribution >= 0.6 is 0 Å². The van der Waals surface area contributed by atoms with E-state index in [1.54, 1.807) is 6.20 Å². The topological polar surface area (TPSA) is 39.1 Å². The summed E-state index contributed by atoms with van der Waals surface area (Å²) in [6.07, 6.45) is 1.67. The molecule has 0 aliphatic carbocycles. The predicted molar refractivity (Wildman–Crippen MR) is 75.7 cm³/mol. The van der Waals surface area contributed by atoms with Crippen molar-refractivity contribution in [1.29, 1.82) is 0 Å². The average molecular weight is 255 g/mol. The van der Waals surface area contributed by atoms with Crippen LogP contribution in [0.3, 0.4) is 0 Å². The molecule has 0 bridgehead atoms. The molecule has 0 saturated heterocycles. The molecule has 0 amide bonds. The summed E-state index contributed by atoms with van der Waals surface area (Å²) in [7, 11) is 0. The number of pyridine rings is 1. The van der Waals surface area contributed by atoms with Crippen molar-refractivity contribution in [2.45, 2.75) is 27.3 Å². The number of carbonyl (C=O) groups is 1. The van der Waals surface area contributed by atoms with Gasteiger partial charge >= 0.3 is 0 Å². The number of aryl methyl sites for hydroxylation is 3. The van der Waals surface area contributed by atoms with Crippen molar-refractivity contribution in [3.63, 3.8) is 0 Å². The van der Waals surface area contributed by atoms with Crippen molar-refractivity contribution >= 4 is 5.78 Å². The fraction of sp³-hybridized carbons (Fsp3) is 0.250. The molecule has 2 rings (SSSR count). The van der Waals surface area contributed by atoms with Crippen LogP contribution in [0.4, 0.5) is 0 Å². The Morgan fingerprint density at radius 3 is 2.42 bits per heavy atom. The lowest BCUT2D eigenvalue weighted by molar-refractivity contribution is 0.0970. The van der Waals surface area contributed by atoms with Crippen LogP contribution in [0.25, 0.3) is 0 Å². The van der Waals surface area contributed by atoms with Gasteiger partial charge in [0, 0.05) is 17.8 Å². The molecule has 0 aliphatic rings. The number of Topliss-reactive ketones (excluding diaryl/α,β-unsaturated/α-hetero) is 1. The van der Waals surface area contributed by atoms with Gasteiger partial charge in [0.15, 0.2) is 5.78 Å². The van der Waals surface area contributed by atoms with Gasteiger partial charge in [-0.05, 0) is 44.0 Å². The Morgan fingerprint density at radius 2 is 1.74 bits per heavy atom. The average Bonchev–Trinajstić information content (AvgIpc) is 2.35. The molecule has 2 aromatic rings. The third kappa shape index (κ3) is 2.99. The number of carbonyl (C=O) groups excluding carboxylic acids is 1. The molecule has 0 radical (unpaired) electrons. The zero-order valence-corrected chi connectivity index (χ0v) is 11.4. The summed E-state index contributed by atoms with van der Waals surface area (Å²) in [5.74, 6) is -0.0350. The second-order valence-corrected chi connectivity index (χ2v) is 4.91. The number of nitrogens with zero attached hydrogens (tertiary/aromatic N) is 1. The molecule has 0 atom stereocenters. The molecule has 1 aromatic heterocycles. The molecule has 0 saturated carbocycles. The Balaban J connectivity index is 2.31. The highest BCUT2D eigenvalue weighted by molar-refractivity contribution is 5.97. The van der Waals surface area contributed by atoms with Crippen LogP contribution < -0.4 is 5.56 Å². The Morgan fingerprint density at radius 1 is 1.05 bits per heavy atom. The molecule has 0 fully saturated rings. The van der Waals surface area contributed by atoms with Crippen LogP contribution in [0, 0.1) is 20.8 Å². The normalized spacial score (nSPS) is 10.5. The number of aromatic nitrogens is 1. The lowest BCUT2D eigenvalue weighted by Crippen LogP contribution is -2.23. The summed E-state index contributed by atoms with van der Waals surface area (Å²) in [4.78, 5) is 24.0. The minimum Gasteiger partial charge on any atom is -0.308 e. The quantitative estimate of drug-likeness (QED) is 0.791. The van der Waals surface area contributed by atoms with E-state index in [1.165, 1.54) is 10.6 Å². The fourth-order valence-electron chi connectivity index (χ4n) is 2.01. The smallest absolute Gasteiger partial charge is 0.251 e. The van der Waals surface area contributed by atoms with Crippen LogP contribution in [-0.2, 0) is 6.54 Å². The minimum atomic E-state index is -0.140. The van der Waals surface area contributed by atoms with E-state index in [2.05, 4.69) is 0 Å². The summed E-state index contributed by atoms with van der Waals surface area (Å²) in [5, 5.41) is 0. The first-order chi connectivity index (χ1) is 8.97. The summed E-state index contributed by atoms with van der Waals surface area (Å²) >= 11 is 0. The molecule has 0 unspecified atom stereocenters. The molecular formula is C16H17NO2. The van der Waals surface area contributed by atoms with Gasteiger partial charge in [-0.2, -0.15) is 0 Å². The third-order valence-corrected chi connectivity index (χ3v) is 3.16. The van der Waals surface area contributed by atoms with Crippen molar-refractivity contribution in [3.8, 4) is 0 Å². The lowest BCUT2D eigenvalue weighted by atomic mass is 10.0. The molecule has 0 spiro atoms. The molecule has 3 heteroatoms. The number of hydrogen-bond donors (Lipinski definition) is 0. The highest BCUT2D eigenvalue weighted by Gasteiger charge is 2.10. The van der Waals surface area contributed by atoms with E-state index in [0.29, 0.717) is 5.56 Å². The summed E-state index contributed by atoms with van der Waals surface area (Å²) < 4.78 is 1.44. The number of benzene rings is 1. The third-order valence-electron chi connectivity index (χ3n) is 3.16. The van der Waals surface area contributed by atoms with Crippen molar-refractivity contribution < 1.29 is 4.79 Å². The maximum Gasteiger partial charge on any atom is 0.251 e. The van der Waals surface area contributed by atoms with Crippen molar-refractivity contribution in [2.24, 2.45) is 0 Å². The van der Waals surface area contributed by atoms with Crippen LogP contribution in [-0.4, -0.2) is 10.4 Å². The Hall–Kier alpha value is -2.16. The van der Waals surface area contributed by atoms with Crippen LogP contribution in [0.1, 0.15) is 27.0 Å². The minimum absolute atomic E-state index is 0.0350. The van der Waals surface area contributed by atoms with Gasteiger partial charge in [-0.3, -0.25) is 9.59 Å². The highest BCUT2D eigenvalue weighted by Crippen LogP contribution is 2.12. The van der Waals surface area contributed by atoms with Gasteiger partial charge in [0.05, 0.1) is 6.54 Å². The fourth-order valence-corrected chi connectivity index (χ4v) is 2.01. The Labute approximate surface area is 112 Å². The zero-order chi connectivity index (χ0) is 14.0. The zero-order valence-electron chi connectivity index (χ0n) is 11.4. The Bertz CT molecular complexity index is 683. The summed E-state index contributed by atoms with van der Waals surface area (Å²) in [6, 6.07) is 9.15. The van der Waals surface area contributed by atoms with E-state index in [-0.39, 0.29) is 17.9 Å². The largest absolute Gasteiger partial charge is 0.308 e. The molecule has 1 aromatic carbocycles. The molecule has 0 N–H and O–H groups in total. The van der Waals surface area contributed by atoms with Crippen LogP contribution in [0.5, 0.6) is 0 Å². The molecule has 19 heavy (non-hydrogen) atoms. The number of rotatable bonds is 3. The van der Waals surface area contributed by atoms with Gasteiger partial charge < -0.3 is 4.57 Å². The maximum absolute atomic E-state index is 12.3. The van der Waals surface area contributed by atoms with Gasteiger partial charge in [-0.1, -0.05) is 17.7 Å². The second kappa shape index (κ2) is 5.22. The number of ketones is 1. The number of hydrogen-bond acceptors (Lipinski definition) is 2. The summed E-state index contributed by atoms with van der Waals surface area (Å²) in [5.41, 5.74) is 3.44. The van der Waals surface area contributed by atoms with Crippen molar-refractivity contribution in [2.75, 3.05) is 0 Å². The van der Waals surface area contributed by atoms with E-state index in [9.17, 15) is 9.59 Å². The van der Waals surface area contributed by atoms with Gasteiger partial charge in [0.2, 0.25) is 0 Å². The highest BCUT2D eigenvalue weighted by atomic mass is 16.1. The van der Waals surface area contributed by atoms with Crippen molar-refractivity contribution in [1.82, 2.24) is 4.57 Å². The van der Waals surface area contributed by atoms with Gasteiger partial charge in [0.1, 0.15) is 0 Å². The molecular weight excluding hydrogens is 238 g/mol. The van der Waals surface area contributed by atoms with Gasteiger partial charge in [-0.25, -0.2) is 0 Å². The maximum atomic E-state index is 12.3. The van der Waals surface area contributed by atoms with E-state index >= 15 is 0 Å². The monoisotopic (exact) mass is 255 g/mol. The first kappa shape index (κ1) is 13.3. The van der Waals surface area contributed by atoms with E-state index < -0.39 is 0 Å². The molecule has 1 heterocycles. The molecule has 0 aliphatic heterocycles. The van der Waals surface area contributed by atoms with E-state index in [0.717, 1.165) is 16.7 Å². The van der Waals surface area contributed by atoms with Gasteiger partial charge in [-0.15, -0.1) is 0 Å². The van der Waals surface area contributed by atoms with E-state index in [4.69, 9.17) is 0 Å². The molecule has 98 valence electrons. The lowest BCUT2D eigenvalue weighted by Gasteiger charge is -2.08. The first-order valence-electron chi connectivity index (χ1n) is 6.25. The van der Waals surface area contributed by atoms with Crippen LogP contribution in [0.2, 0.25) is 0 Å². The SMILES string of the molecule is Cc1ccc(C)c(C(=O)Cn2ccc(C)cc2=O)c1. The first-order valence-corrected chi connectivity index (χ1v) is 6.25. The summed E-state index contributed by atoms with van der Waals surface area (Å²) in [6.45, 7) is 5.81. The van der Waals surface area contributed by atoms with Crippen molar-refractivity contribution in [3.05, 3.63) is 69.1 Å². The standard InChI is InChI=1S/C16H17NO2/c1-11-4-5-13(3)14(8-11)15(18)10-17-7-6-12(2)9-16(17)19/h4-9H,10H2,1-3H3. The Kier molecular flexibility index (Phi) is 3.65. The predicted octanol–water partition coefficient (Wildman–Crippen LogP) is 2.66. The molecule has 3 nitrogen and oxygen atoms in total. The van der Waals surface area contributed by atoms with Gasteiger partial charge in [0.25, 0.3) is 5.56 Å². The van der Waals surface area contributed by atoms with Crippen LogP contribution in [0.15, 0.2) is 41.3 Å². The second-order valence-electron chi connectivity index (χ2n) is 4.91.